The maximum absolute atomic E-state index is 5.49. The van der Waals surface area contributed by atoms with Crippen molar-refractivity contribution >= 4 is 17.2 Å². The fourth-order valence-corrected chi connectivity index (χ4v) is 2.00. The highest BCUT2D eigenvalue weighted by molar-refractivity contribution is 7.80. The number of ether oxygens (including phenoxy) is 1. The third-order valence-electron chi connectivity index (χ3n) is 2.80. The summed E-state index contributed by atoms with van der Waals surface area (Å²) in [6.45, 7) is 4.35. The van der Waals surface area contributed by atoms with E-state index in [1.165, 1.54) is 11.1 Å². The van der Waals surface area contributed by atoms with Crippen LogP contribution in [0.15, 0.2) is 18.2 Å². The van der Waals surface area contributed by atoms with Gasteiger partial charge in [0.2, 0.25) is 0 Å². The third-order valence-corrected chi connectivity index (χ3v) is 3.01. The minimum absolute atomic E-state index is 0.473. The van der Waals surface area contributed by atoms with Crippen LogP contribution in [0.2, 0.25) is 0 Å². The van der Waals surface area contributed by atoms with Gasteiger partial charge in [-0.2, -0.15) is 0 Å². The molecule has 3 heteroatoms. The first-order chi connectivity index (χ1) is 8.04. The van der Waals surface area contributed by atoms with Crippen molar-refractivity contribution in [3.8, 4) is 5.75 Å². The molecule has 0 aliphatic carbocycles. The van der Waals surface area contributed by atoms with Gasteiger partial charge in [0.25, 0.3) is 0 Å². The second-order valence-electron chi connectivity index (χ2n) is 4.55. The van der Waals surface area contributed by atoms with Crippen molar-refractivity contribution in [2.24, 2.45) is 5.73 Å². The van der Waals surface area contributed by atoms with E-state index in [-0.39, 0.29) is 0 Å². The number of rotatable bonds is 6. The first-order valence-electron chi connectivity index (χ1n) is 5.99. The number of methoxy groups -OCH3 is 1. The standard InChI is InChI=1S/C14H21NOS/c1-10(2)12-9-11(5-4-6-14(15)17)7-8-13(12)16-3/h7-10H,4-6H2,1-3H3,(H2,15,17). The summed E-state index contributed by atoms with van der Waals surface area (Å²) >= 11 is 4.88. The van der Waals surface area contributed by atoms with Crippen LogP contribution in [0.1, 0.15) is 43.7 Å². The van der Waals surface area contributed by atoms with Crippen LogP contribution in [0.3, 0.4) is 0 Å². The SMILES string of the molecule is COc1ccc(CCCC(N)=S)cc1C(C)C. The molecule has 2 nitrogen and oxygen atoms in total. The second-order valence-corrected chi connectivity index (χ2v) is 5.08. The summed E-state index contributed by atoms with van der Waals surface area (Å²) in [7, 11) is 1.72. The molecule has 0 saturated carbocycles. The summed E-state index contributed by atoms with van der Waals surface area (Å²) in [6, 6.07) is 6.39. The Hall–Kier alpha value is -1.09. The second kappa shape index (κ2) is 6.60. The van der Waals surface area contributed by atoms with E-state index in [4.69, 9.17) is 22.7 Å². The van der Waals surface area contributed by atoms with Gasteiger partial charge in [0.05, 0.1) is 12.1 Å². The van der Waals surface area contributed by atoms with Gasteiger partial charge < -0.3 is 10.5 Å². The molecule has 0 unspecified atom stereocenters. The number of nitrogens with two attached hydrogens (primary N) is 1. The molecule has 0 aliphatic rings. The van der Waals surface area contributed by atoms with E-state index in [0.717, 1.165) is 25.0 Å². The molecule has 0 bridgehead atoms. The molecule has 1 rings (SSSR count). The molecule has 0 amide bonds. The molecular weight excluding hydrogens is 230 g/mol. The van der Waals surface area contributed by atoms with E-state index < -0.39 is 0 Å². The monoisotopic (exact) mass is 251 g/mol. The van der Waals surface area contributed by atoms with Gasteiger partial charge in [0.1, 0.15) is 5.75 Å². The molecular formula is C14H21NOS. The van der Waals surface area contributed by atoms with Gasteiger partial charge in [0.15, 0.2) is 0 Å². The van der Waals surface area contributed by atoms with Crippen molar-refractivity contribution in [3.63, 3.8) is 0 Å². The predicted octanol–water partition coefficient (Wildman–Crippen LogP) is 3.43. The average Bonchev–Trinajstić information content (AvgIpc) is 2.28. The maximum atomic E-state index is 5.49. The lowest BCUT2D eigenvalue weighted by Gasteiger charge is -2.13. The summed E-state index contributed by atoms with van der Waals surface area (Å²) in [4.78, 5) is 0.600. The summed E-state index contributed by atoms with van der Waals surface area (Å²) < 4.78 is 5.36. The van der Waals surface area contributed by atoms with Gasteiger partial charge in [-0.1, -0.05) is 38.2 Å². The Bertz CT molecular complexity index is 388. The van der Waals surface area contributed by atoms with Crippen molar-refractivity contribution < 1.29 is 4.74 Å². The Labute approximate surface area is 109 Å². The van der Waals surface area contributed by atoms with Crippen LogP contribution in [0.25, 0.3) is 0 Å². The zero-order valence-corrected chi connectivity index (χ0v) is 11.6. The normalized spacial score (nSPS) is 10.6. The highest BCUT2D eigenvalue weighted by Crippen LogP contribution is 2.27. The van der Waals surface area contributed by atoms with Gasteiger partial charge in [-0.25, -0.2) is 0 Å². The first-order valence-corrected chi connectivity index (χ1v) is 6.40. The van der Waals surface area contributed by atoms with Crippen LogP contribution in [0.5, 0.6) is 5.75 Å². The summed E-state index contributed by atoms with van der Waals surface area (Å²) in [6.07, 6.45) is 2.85. The van der Waals surface area contributed by atoms with Crippen LogP contribution in [-0.4, -0.2) is 12.1 Å². The molecule has 17 heavy (non-hydrogen) atoms. The molecule has 0 radical (unpaired) electrons. The smallest absolute Gasteiger partial charge is 0.122 e. The van der Waals surface area contributed by atoms with Crippen LogP contribution < -0.4 is 10.5 Å². The average molecular weight is 251 g/mol. The van der Waals surface area contributed by atoms with Gasteiger partial charge in [-0.05, 0) is 42.4 Å². The van der Waals surface area contributed by atoms with Gasteiger partial charge in [0, 0.05) is 0 Å². The highest BCUT2D eigenvalue weighted by Gasteiger charge is 2.08. The number of thiocarbonyl (C=S) groups is 1. The van der Waals surface area contributed by atoms with Crippen LogP contribution in [0.4, 0.5) is 0 Å². The summed E-state index contributed by atoms with van der Waals surface area (Å²) in [5.74, 6) is 1.44. The van der Waals surface area contributed by atoms with Crippen molar-refractivity contribution in [2.75, 3.05) is 7.11 Å². The van der Waals surface area contributed by atoms with Crippen LogP contribution >= 0.6 is 12.2 Å². The number of hydrogen-bond acceptors (Lipinski definition) is 2. The van der Waals surface area contributed by atoms with E-state index >= 15 is 0 Å². The number of benzene rings is 1. The van der Waals surface area contributed by atoms with E-state index in [0.29, 0.717) is 10.9 Å². The Balaban J connectivity index is 2.74. The third kappa shape index (κ3) is 4.35. The maximum Gasteiger partial charge on any atom is 0.122 e. The lowest BCUT2D eigenvalue weighted by molar-refractivity contribution is 0.407. The van der Waals surface area contributed by atoms with Crippen molar-refractivity contribution in [1.82, 2.24) is 0 Å². The minimum atomic E-state index is 0.473. The fraction of sp³-hybridized carbons (Fsp3) is 0.500. The van der Waals surface area contributed by atoms with Gasteiger partial charge in [-0.15, -0.1) is 0 Å². The van der Waals surface area contributed by atoms with Gasteiger partial charge >= 0.3 is 0 Å². The van der Waals surface area contributed by atoms with Crippen LogP contribution in [0, 0.1) is 0 Å². The molecule has 0 fully saturated rings. The number of aryl methyl sites for hydroxylation is 1. The molecule has 0 aromatic heterocycles. The lowest BCUT2D eigenvalue weighted by atomic mass is 9.97. The molecule has 94 valence electrons. The quantitative estimate of drug-likeness (QED) is 0.787. The molecule has 0 aliphatic heterocycles. The molecule has 0 saturated heterocycles. The summed E-state index contributed by atoms with van der Waals surface area (Å²) in [5, 5.41) is 0. The van der Waals surface area contributed by atoms with Crippen molar-refractivity contribution in [2.45, 2.75) is 39.0 Å². The van der Waals surface area contributed by atoms with Crippen molar-refractivity contribution in [1.29, 1.82) is 0 Å². The molecule has 0 heterocycles. The zero-order chi connectivity index (χ0) is 12.8. The molecule has 1 aromatic carbocycles. The Morgan fingerprint density at radius 3 is 2.65 bits per heavy atom. The summed E-state index contributed by atoms with van der Waals surface area (Å²) in [5.41, 5.74) is 8.08. The van der Waals surface area contributed by atoms with E-state index in [9.17, 15) is 0 Å². The van der Waals surface area contributed by atoms with E-state index in [2.05, 4.69) is 26.0 Å². The predicted molar refractivity (Wildman–Crippen MR) is 76.8 cm³/mol. The van der Waals surface area contributed by atoms with E-state index in [1.807, 2.05) is 6.07 Å². The molecule has 0 spiro atoms. The zero-order valence-electron chi connectivity index (χ0n) is 10.8. The number of hydrogen-bond donors (Lipinski definition) is 1. The van der Waals surface area contributed by atoms with Crippen LogP contribution in [-0.2, 0) is 6.42 Å². The largest absolute Gasteiger partial charge is 0.496 e. The minimum Gasteiger partial charge on any atom is -0.496 e. The lowest BCUT2D eigenvalue weighted by Crippen LogP contribution is -2.07. The van der Waals surface area contributed by atoms with Gasteiger partial charge in [-0.3, -0.25) is 0 Å². The molecule has 2 N–H and O–H groups in total. The highest BCUT2D eigenvalue weighted by atomic mass is 32.1. The Kier molecular flexibility index (Phi) is 5.42. The van der Waals surface area contributed by atoms with Crippen molar-refractivity contribution in [3.05, 3.63) is 29.3 Å². The fourth-order valence-electron chi connectivity index (χ4n) is 1.86. The molecule has 0 atom stereocenters. The first kappa shape index (κ1) is 14.0. The topological polar surface area (TPSA) is 35.2 Å². The Morgan fingerprint density at radius 1 is 1.41 bits per heavy atom. The van der Waals surface area contributed by atoms with E-state index in [1.54, 1.807) is 7.11 Å². The molecule has 1 aromatic rings. The Morgan fingerprint density at radius 2 is 2.12 bits per heavy atom.